The normalized spacial score (nSPS) is 10.2. The molecule has 0 fully saturated rings. The maximum Gasteiger partial charge on any atom is 0.245 e. The van der Waals surface area contributed by atoms with Crippen LogP contribution in [0.1, 0.15) is 5.56 Å². The molecule has 120 valence electrons. The molecule has 0 atom stereocenters. The van der Waals surface area contributed by atoms with Gasteiger partial charge in [0.1, 0.15) is 11.6 Å². The van der Waals surface area contributed by atoms with Crippen LogP contribution in [0.3, 0.4) is 0 Å². The number of anilines is 1. The minimum absolute atomic E-state index is 0.0609. The van der Waals surface area contributed by atoms with E-state index >= 15 is 0 Å². The molecule has 0 saturated heterocycles. The molecule has 0 aliphatic heterocycles. The number of nitrogens with zero attached hydrogens (tertiary/aromatic N) is 2. The number of phenolic OH excluding ortho intramolecular Hbond substituents is 1. The number of halogens is 1. The fourth-order valence-corrected chi connectivity index (χ4v) is 2.09. The number of amides is 2. The lowest BCUT2D eigenvalue weighted by molar-refractivity contribution is -0.132. The van der Waals surface area contributed by atoms with E-state index in [2.05, 4.69) is 26.2 Å². The molecule has 2 N–H and O–H groups in total. The fraction of sp³-hybridized carbons (Fsp3) is 0.188. The molecule has 2 aromatic rings. The van der Waals surface area contributed by atoms with Crippen molar-refractivity contribution in [2.45, 2.75) is 6.42 Å². The number of rotatable bonds is 5. The number of nitrogens with one attached hydrogen (secondary N) is 1. The average Bonchev–Trinajstić information content (AvgIpc) is 2.51. The first-order chi connectivity index (χ1) is 10.9. The smallest absolute Gasteiger partial charge is 0.245 e. The van der Waals surface area contributed by atoms with Gasteiger partial charge in [0.2, 0.25) is 11.8 Å². The van der Waals surface area contributed by atoms with Crippen molar-refractivity contribution in [1.29, 1.82) is 0 Å². The van der Waals surface area contributed by atoms with E-state index in [4.69, 9.17) is 0 Å². The molecule has 2 rings (SSSR count). The second-order valence-electron chi connectivity index (χ2n) is 5.00. The van der Waals surface area contributed by atoms with Crippen molar-refractivity contribution >= 4 is 33.6 Å². The largest absolute Gasteiger partial charge is 0.508 e. The number of aromatic nitrogens is 1. The van der Waals surface area contributed by atoms with Crippen LogP contribution in [0, 0.1) is 0 Å². The zero-order chi connectivity index (χ0) is 16.8. The molecule has 1 heterocycles. The molecule has 0 spiro atoms. The topological polar surface area (TPSA) is 82.5 Å². The highest BCUT2D eigenvalue weighted by atomic mass is 79.9. The lowest BCUT2D eigenvalue weighted by Gasteiger charge is -2.16. The molecule has 0 aliphatic rings. The van der Waals surface area contributed by atoms with Crippen LogP contribution < -0.4 is 5.32 Å². The maximum atomic E-state index is 12.1. The van der Waals surface area contributed by atoms with E-state index in [0.29, 0.717) is 5.82 Å². The summed E-state index contributed by atoms with van der Waals surface area (Å²) in [6.07, 6.45) is 1.75. The zero-order valence-electron chi connectivity index (χ0n) is 12.5. The third-order valence-electron chi connectivity index (χ3n) is 3.09. The lowest BCUT2D eigenvalue weighted by atomic mass is 10.1. The van der Waals surface area contributed by atoms with Gasteiger partial charge in [-0.3, -0.25) is 9.59 Å². The number of pyridine rings is 1. The Morgan fingerprint density at radius 1 is 1.22 bits per heavy atom. The van der Waals surface area contributed by atoms with E-state index in [1.54, 1.807) is 37.5 Å². The van der Waals surface area contributed by atoms with Crippen molar-refractivity contribution < 1.29 is 14.7 Å². The van der Waals surface area contributed by atoms with Crippen LogP contribution in [0.5, 0.6) is 5.75 Å². The van der Waals surface area contributed by atoms with E-state index in [-0.39, 0.29) is 30.5 Å². The monoisotopic (exact) mass is 377 g/mol. The average molecular weight is 378 g/mol. The maximum absolute atomic E-state index is 12.1. The quantitative estimate of drug-likeness (QED) is 0.836. The van der Waals surface area contributed by atoms with Crippen LogP contribution in [0.4, 0.5) is 5.82 Å². The van der Waals surface area contributed by atoms with E-state index < -0.39 is 0 Å². The summed E-state index contributed by atoms with van der Waals surface area (Å²) in [4.78, 5) is 29.4. The minimum Gasteiger partial charge on any atom is -0.508 e. The first-order valence-corrected chi connectivity index (χ1v) is 7.66. The van der Waals surface area contributed by atoms with Crippen molar-refractivity contribution in [2.75, 3.05) is 18.9 Å². The lowest BCUT2D eigenvalue weighted by Crippen LogP contribution is -2.35. The minimum atomic E-state index is -0.318. The van der Waals surface area contributed by atoms with Gasteiger partial charge in [-0.2, -0.15) is 0 Å². The van der Waals surface area contributed by atoms with Gasteiger partial charge >= 0.3 is 0 Å². The van der Waals surface area contributed by atoms with Crippen molar-refractivity contribution in [3.63, 3.8) is 0 Å². The highest BCUT2D eigenvalue weighted by Crippen LogP contribution is 2.12. The molecule has 1 aromatic heterocycles. The first kappa shape index (κ1) is 17.0. The summed E-state index contributed by atoms with van der Waals surface area (Å²) in [5.74, 6) is 0.0736. The molecule has 7 heteroatoms. The Kier molecular flexibility index (Phi) is 5.70. The molecule has 0 radical (unpaired) electrons. The number of likely N-dealkylation sites (N-methyl/N-ethyl adjacent to an activating group) is 1. The molecule has 1 aromatic carbocycles. The summed E-state index contributed by atoms with van der Waals surface area (Å²) in [6, 6.07) is 9.82. The van der Waals surface area contributed by atoms with Gasteiger partial charge in [0, 0.05) is 17.7 Å². The van der Waals surface area contributed by atoms with Crippen LogP contribution in [0.15, 0.2) is 47.1 Å². The summed E-state index contributed by atoms with van der Waals surface area (Å²) in [7, 11) is 1.57. The second kappa shape index (κ2) is 7.73. The van der Waals surface area contributed by atoms with Gasteiger partial charge in [-0.25, -0.2) is 4.98 Å². The Morgan fingerprint density at radius 3 is 2.52 bits per heavy atom. The van der Waals surface area contributed by atoms with Crippen molar-refractivity contribution in [2.24, 2.45) is 0 Å². The predicted molar refractivity (Wildman–Crippen MR) is 90.0 cm³/mol. The standard InChI is InChI=1S/C16H16BrN3O3/c1-20(16(23)8-11-2-5-13(21)6-3-11)10-15(22)19-14-7-4-12(17)9-18-14/h2-7,9,21H,8,10H2,1H3,(H,18,19,22). The number of carbonyl (C=O) groups is 2. The number of hydrogen-bond donors (Lipinski definition) is 2. The van der Waals surface area contributed by atoms with Crippen LogP contribution in [-0.2, 0) is 16.0 Å². The summed E-state index contributed by atoms with van der Waals surface area (Å²) in [5, 5.41) is 11.8. The van der Waals surface area contributed by atoms with Gasteiger partial charge in [0.25, 0.3) is 0 Å². The highest BCUT2D eigenvalue weighted by molar-refractivity contribution is 9.10. The van der Waals surface area contributed by atoms with Gasteiger partial charge in [-0.15, -0.1) is 0 Å². The first-order valence-electron chi connectivity index (χ1n) is 6.87. The summed E-state index contributed by atoms with van der Waals surface area (Å²) >= 11 is 3.26. The van der Waals surface area contributed by atoms with Crippen LogP contribution in [-0.4, -0.2) is 40.4 Å². The van der Waals surface area contributed by atoms with Gasteiger partial charge in [-0.05, 0) is 45.8 Å². The fourth-order valence-electron chi connectivity index (χ4n) is 1.86. The number of benzene rings is 1. The molecule has 6 nitrogen and oxygen atoms in total. The summed E-state index contributed by atoms with van der Waals surface area (Å²) < 4.78 is 0.816. The Hall–Kier alpha value is -2.41. The summed E-state index contributed by atoms with van der Waals surface area (Å²) in [6.45, 7) is -0.0609. The Balaban J connectivity index is 1.86. The van der Waals surface area contributed by atoms with Crippen molar-refractivity contribution in [3.05, 3.63) is 52.6 Å². The molecule has 0 saturated carbocycles. The van der Waals surface area contributed by atoms with E-state index in [0.717, 1.165) is 10.0 Å². The molecular formula is C16H16BrN3O3. The van der Waals surface area contributed by atoms with Gasteiger partial charge in [0.15, 0.2) is 0 Å². The van der Waals surface area contributed by atoms with Crippen LogP contribution in [0.25, 0.3) is 0 Å². The third-order valence-corrected chi connectivity index (χ3v) is 3.56. The third kappa shape index (κ3) is 5.37. The van der Waals surface area contributed by atoms with Gasteiger partial charge in [-0.1, -0.05) is 12.1 Å². The predicted octanol–water partition coefficient (Wildman–Crippen LogP) is 2.19. The Morgan fingerprint density at radius 2 is 1.91 bits per heavy atom. The van der Waals surface area contributed by atoms with E-state index in [1.807, 2.05) is 0 Å². The van der Waals surface area contributed by atoms with Crippen molar-refractivity contribution in [1.82, 2.24) is 9.88 Å². The van der Waals surface area contributed by atoms with Gasteiger partial charge < -0.3 is 15.3 Å². The van der Waals surface area contributed by atoms with E-state index in [9.17, 15) is 14.7 Å². The van der Waals surface area contributed by atoms with Crippen LogP contribution >= 0.6 is 15.9 Å². The second-order valence-corrected chi connectivity index (χ2v) is 5.92. The molecule has 0 aliphatic carbocycles. The summed E-state index contributed by atoms with van der Waals surface area (Å²) in [5.41, 5.74) is 0.773. The SMILES string of the molecule is CN(CC(=O)Nc1ccc(Br)cn1)C(=O)Cc1ccc(O)cc1. The Labute approximate surface area is 142 Å². The molecule has 23 heavy (non-hydrogen) atoms. The Bertz CT molecular complexity index is 687. The molecule has 0 bridgehead atoms. The zero-order valence-corrected chi connectivity index (χ0v) is 14.1. The number of carbonyl (C=O) groups excluding carboxylic acids is 2. The highest BCUT2D eigenvalue weighted by Gasteiger charge is 2.14. The van der Waals surface area contributed by atoms with Crippen LogP contribution in [0.2, 0.25) is 0 Å². The van der Waals surface area contributed by atoms with E-state index in [1.165, 1.54) is 17.0 Å². The van der Waals surface area contributed by atoms with Crippen molar-refractivity contribution in [3.8, 4) is 5.75 Å². The molecular weight excluding hydrogens is 362 g/mol. The number of hydrogen-bond acceptors (Lipinski definition) is 4. The molecule has 0 unspecified atom stereocenters. The number of aromatic hydroxyl groups is 1. The molecule has 2 amide bonds. The van der Waals surface area contributed by atoms with Gasteiger partial charge in [0.05, 0.1) is 13.0 Å². The number of phenols is 1.